The number of nitrogens with one attached hydrogen (secondary N) is 2. The van der Waals surface area contributed by atoms with E-state index in [2.05, 4.69) is 19.9 Å². The fraction of sp³-hybridized carbons (Fsp3) is 0.0588. The number of H-pyrrole nitrogens is 2. The number of nitroso groups, excluding NO2 is 1. The Bertz CT molecular complexity index is 1200. The van der Waals surface area contributed by atoms with Crippen molar-refractivity contribution in [2.75, 3.05) is 0 Å². The molecular weight excluding hydrogens is 387 g/mol. The molecule has 0 aliphatic rings. The summed E-state index contributed by atoms with van der Waals surface area (Å²) in [6.07, 6.45) is -4.86. The third-order valence-corrected chi connectivity index (χ3v) is 4.29. The zero-order valence-electron chi connectivity index (χ0n) is 13.2. The predicted molar refractivity (Wildman–Crippen MR) is 94.4 cm³/mol. The van der Waals surface area contributed by atoms with Gasteiger partial charge in [-0.05, 0) is 41.6 Å². The van der Waals surface area contributed by atoms with Crippen LogP contribution in [0.2, 0.25) is 5.02 Å². The van der Waals surface area contributed by atoms with Crippen molar-refractivity contribution in [1.82, 2.24) is 9.97 Å². The Morgan fingerprint density at radius 1 is 1.04 bits per heavy atom. The molecule has 0 unspecified atom stereocenters. The summed E-state index contributed by atoms with van der Waals surface area (Å²) < 4.78 is 41.5. The van der Waals surface area contributed by atoms with E-state index in [1.165, 1.54) is 12.1 Å². The summed E-state index contributed by atoms with van der Waals surface area (Å²) in [7, 11) is 0. The van der Waals surface area contributed by atoms with Crippen LogP contribution in [0.15, 0.2) is 41.6 Å². The van der Waals surface area contributed by atoms with Gasteiger partial charge in [0.05, 0.1) is 11.3 Å². The summed E-state index contributed by atoms with van der Waals surface area (Å²) in [5.41, 5.74) is 1.10. The van der Waals surface area contributed by atoms with E-state index in [4.69, 9.17) is 11.6 Å². The standard InChI is InChI=1S/C17H9ClF3N3O3/c18-7-1-3-12-10(5-7)14(24-26)15(22-12)13-9-6-8(27-17(19,20)21)2-4-11(9)23-16(13)25/h1-6,22-23,25H. The van der Waals surface area contributed by atoms with Crippen molar-refractivity contribution < 1.29 is 23.0 Å². The molecule has 0 bridgehead atoms. The van der Waals surface area contributed by atoms with E-state index in [1.54, 1.807) is 12.1 Å². The van der Waals surface area contributed by atoms with Crippen LogP contribution in [0, 0.1) is 4.91 Å². The Labute approximate surface area is 153 Å². The molecule has 0 saturated heterocycles. The molecule has 0 aliphatic carbocycles. The average molecular weight is 396 g/mol. The van der Waals surface area contributed by atoms with Gasteiger partial charge in [-0.2, -0.15) is 0 Å². The average Bonchev–Trinajstić information content (AvgIpc) is 3.08. The van der Waals surface area contributed by atoms with Crippen LogP contribution < -0.4 is 4.74 Å². The van der Waals surface area contributed by atoms with E-state index in [0.29, 0.717) is 21.4 Å². The minimum atomic E-state index is -4.86. The van der Waals surface area contributed by atoms with Crippen LogP contribution in [-0.2, 0) is 0 Å². The minimum Gasteiger partial charge on any atom is -0.494 e. The van der Waals surface area contributed by atoms with Gasteiger partial charge in [-0.1, -0.05) is 11.6 Å². The first-order chi connectivity index (χ1) is 12.8. The van der Waals surface area contributed by atoms with Gasteiger partial charge in [0.15, 0.2) is 5.88 Å². The molecule has 2 heterocycles. The van der Waals surface area contributed by atoms with E-state index in [-0.39, 0.29) is 28.2 Å². The molecule has 6 nitrogen and oxygen atoms in total. The molecule has 27 heavy (non-hydrogen) atoms. The number of ether oxygens (including phenoxy) is 1. The van der Waals surface area contributed by atoms with Crippen LogP contribution in [0.1, 0.15) is 0 Å². The van der Waals surface area contributed by atoms with Crippen molar-refractivity contribution in [3.8, 4) is 22.9 Å². The lowest BCUT2D eigenvalue weighted by molar-refractivity contribution is -0.274. The predicted octanol–water partition coefficient (Wildman–Crippen LogP) is 5.97. The summed E-state index contributed by atoms with van der Waals surface area (Å²) in [4.78, 5) is 17.0. The molecule has 3 N–H and O–H groups in total. The molecule has 4 aromatic rings. The molecule has 0 amide bonds. The van der Waals surface area contributed by atoms with Crippen molar-refractivity contribution in [3.63, 3.8) is 0 Å². The number of fused-ring (bicyclic) bond motifs is 2. The van der Waals surface area contributed by atoms with Crippen LogP contribution >= 0.6 is 11.6 Å². The molecule has 4 rings (SSSR count). The highest BCUT2D eigenvalue weighted by Gasteiger charge is 2.31. The smallest absolute Gasteiger partial charge is 0.494 e. The number of alkyl halides is 3. The number of aromatic amines is 2. The molecule has 0 spiro atoms. The Morgan fingerprint density at radius 2 is 1.74 bits per heavy atom. The van der Waals surface area contributed by atoms with Crippen molar-refractivity contribution >= 4 is 39.1 Å². The van der Waals surface area contributed by atoms with Gasteiger partial charge >= 0.3 is 6.36 Å². The number of aromatic nitrogens is 2. The summed E-state index contributed by atoms with van der Waals surface area (Å²) in [6, 6.07) is 8.30. The van der Waals surface area contributed by atoms with E-state index >= 15 is 0 Å². The van der Waals surface area contributed by atoms with Crippen LogP contribution in [0.5, 0.6) is 11.6 Å². The molecule has 0 atom stereocenters. The zero-order valence-corrected chi connectivity index (χ0v) is 13.9. The third kappa shape index (κ3) is 2.95. The monoisotopic (exact) mass is 395 g/mol. The maximum Gasteiger partial charge on any atom is 0.573 e. The number of hydrogen-bond acceptors (Lipinski definition) is 4. The summed E-state index contributed by atoms with van der Waals surface area (Å²) in [5, 5.41) is 14.3. The number of hydrogen-bond donors (Lipinski definition) is 3. The molecular formula is C17H9ClF3N3O3. The highest BCUT2D eigenvalue weighted by molar-refractivity contribution is 6.31. The zero-order chi connectivity index (χ0) is 19.3. The van der Waals surface area contributed by atoms with Crippen LogP contribution in [0.3, 0.4) is 0 Å². The second-order valence-electron chi connectivity index (χ2n) is 5.73. The molecule has 10 heteroatoms. The van der Waals surface area contributed by atoms with Gasteiger partial charge in [0.25, 0.3) is 0 Å². The van der Waals surface area contributed by atoms with Gasteiger partial charge in [-0.15, -0.1) is 18.1 Å². The molecule has 0 radical (unpaired) electrons. The quantitative estimate of drug-likeness (QED) is 0.373. The molecule has 0 fully saturated rings. The van der Waals surface area contributed by atoms with Crippen LogP contribution in [-0.4, -0.2) is 21.4 Å². The van der Waals surface area contributed by atoms with Crippen LogP contribution in [0.25, 0.3) is 33.1 Å². The van der Waals surface area contributed by atoms with Gasteiger partial charge in [-0.3, -0.25) is 0 Å². The normalized spacial score (nSPS) is 12.0. The highest BCUT2D eigenvalue weighted by atomic mass is 35.5. The Morgan fingerprint density at radius 3 is 2.44 bits per heavy atom. The number of rotatable bonds is 3. The number of nitrogens with zero attached hydrogens (tertiary/aromatic N) is 1. The molecule has 0 saturated carbocycles. The van der Waals surface area contributed by atoms with E-state index in [9.17, 15) is 23.2 Å². The van der Waals surface area contributed by atoms with Crippen molar-refractivity contribution in [2.24, 2.45) is 5.18 Å². The number of aromatic hydroxyl groups is 1. The van der Waals surface area contributed by atoms with Crippen molar-refractivity contribution in [1.29, 1.82) is 0 Å². The second-order valence-corrected chi connectivity index (χ2v) is 6.17. The Balaban J connectivity index is 1.98. The van der Waals surface area contributed by atoms with E-state index < -0.39 is 12.1 Å². The Hall–Kier alpha value is -3.20. The lowest BCUT2D eigenvalue weighted by Gasteiger charge is -2.08. The molecule has 2 aromatic carbocycles. The minimum absolute atomic E-state index is 0.0224. The number of halogens is 4. The van der Waals surface area contributed by atoms with Gasteiger partial charge < -0.3 is 19.8 Å². The van der Waals surface area contributed by atoms with Gasteiger partial charge in [0.1, 0.15) is 11.4 Å². The maximum atomic E-state index is 12.5. The maximum absolute atomic E-state index is 12.5. The fourth-order valence-electron chi connectivity index (χ4n) is 3.03. The van der Waals surface area contributed by atoms with E-state index in [0.717, 1.165) is 12.1 Å². The first kappa shape index (κ1) is 17.2. The second kappa shape index (κ2) is 5.92. The van der Waals surface area contributed by atoms with Crippen LogP contribution in [0.4, 0.5) is 18.9 Å². The fourth-order valence-corrected chi connectivity index (χ4v) is 3.20. The van der Waals surface area contributed by atoms with Gasteiger partial charge in [-0.25, -0.2) is 0 Å². The summed E-state index contributed by atoms with van der Waals surface area (Å²) in [5.74, 6) is -0.799. The first-order valence-electron chi connectivity index (χ1n) is 7.52. The molecule has 138 valence electrons. The summed E-state index contributed by atoms with van der Waals surface area (Å²) in [6.45, 7) is 0. The molecule has 0 aliphatic heterocycles. The van der Waals surface area contributed by atoms with Gasteiger partial charge in [0.2, 0.25) is 0 Å². The lowest BCUT2D eigenvalue weighted by atomic mass is 10.1. The third-order valence-electron chi connectivity index (χ3n) is 4.06. The van der Waals surface area contributed by atoms with E-state index in [1.807, 2.05) is 0 Å². The largest absolute Gasteiger partial charge is 0.573 e. The number of benzene rings is 2. The summed E-state index contributed by atoms with van der Waals surface area (Å²) >= 11 is 5.95. The Kier molecular flexibility index (Phi) is 3.77. The first-order valence-corrected chi connectivity index (χ1v) is 7.90. The lowest BCUT2D eigenvalue weighted by Crippen LogP contribution is -2.16. The highest BCUT2D eigenvalue weighted by Crippen LogP contribution is 2.45. The topological polar surface area (TPSA) is 90.5 Å². The van der Waals surface area contributed by atoms with Gasteiger partial charge in [0, 0.05) is 26.8 Å². The SMILES string of the molecule is O=Nc1c(-c2c(O)[nH]c3ccc(OC(F)(F)F)cc23)[nH]c2ccc(Cl)cc12. The van der Waals surface area contributed by atoms with Crippen molar-refractivity contribution in [3.05, 3.63) is 46.3 Å². The van der Waals surface area contributed by atoms with Crippen molar-refractivity contribution in [2.45, 2.75) is 6.36 Å². The molecule has 2 aromatic heterocycles.